The second kappa shape index (κ2) is 7.12. The fourth-order valence-electron chi connectivity index (χ4n) is 2.37. The number of imidazole rings is 1. The van der Waals surface area contributed by atoms with Gasteiger partial charge in [-0.05, 0) is 36.4 Å². The molecule has 4 nitrogen and oxygen atoms in total. The number of nitrogens with zero attached hydrogens (tertiary/aromatic N) is 3. The molecule has 0 bridgehead atoms. The molecule has 0 fully saturated rings. The number of hydrogen-bond donors (Lipinski definition) is 1. The molecule has 0 aliphatic carbocycles. The first kappa shape index (κ1) is 16.6. The Balaban J connectivity index is 1.90. The van der Waals surface area contributed by atoms with Gasteiger partial charge in [0.05, 0.1) is 16.8 Å². The number of aliphatic hydroxyl groups is 1. The van der Waals surface area contributed by atoms with Crippen LogP contribution in [0.2, 0.25) is 0 Å². The van der Waals surface area contributed by atoms with Gasteiger partial charge in [0.1, 0.15) is 17.4 Å². The van der Waals surface area contributed by atoms with Gasteiger partial charge in [-0.25, -0.2) is 4.98 Å². The average Bonchev–Trinajstić information content (AvgIpc) is 2.92. The molecule has 0 unspecified atom stereocenters. The van der Waals surface area contributed by atoms with Crippen LogP contribution >= 0.6 is 27.7 Å². The van der Waals surface area contributed by atoms with Crippen molar-refractivity contribution in [1.82, 2.24) is 9.55 Å². The number of benzene rings is 2. The van der Waals surface area contributed by atoms with Crippen molar-refractivity contribution >= 4 is 44.3 Å². The topological polar surface area (TPSA) is 61.8 Å². The molecule has 24 heavy (non-hydrogen) atoms. The van der Waals surface area contributed by atoms with Crippen molar-refractivity contribution in [3.05, 3.63) is 64.6 Å². The van der Waals surface area contributed by atoms with Crippen molar-refractivity contribution in [3.8, 4) is 6.07 Å². The largest absolute Gasteiger partial charge is 0.510 e. The molecule has 120 valence electrons. The van der Waals surface area contributed by atoms with E-state index in [0.717, 1.165) is 20.4 Å². The summed E-state index contributed by atoms with van der Waals surface area (Å²) in [6.07, 6.45) is 0. The van der Waals surface area contributed by atoms with E-state index >= 15 is 0 Å². The van der Waals surface area contributed by atoms with Crippen molar-refractivity contribution in [2.24, 2.45) is 7.05 Å². The summed E-state index contributed by atoms with van der Waals surface area (Å²) >= 11 is 4.86. The molecular weight excluding hydrogens is 386 g/mol. The Morgan fingerprint density at radius 3 is 2.62 bits per heavy atom. The molecule has 1 heterocycles. The predicted molar refractivity (Wildman–Crippen MR) is 101 cm³/mol. The molecule has 2 aromatic carbocycles. The minimum atomic E-state index is 0.0313. The van der Waals surface area contributed by atoms with Crippen LogP contribution in [0, 0.1) is 11.3 Å². The van der Waals surface area contributed by atoms with E-state index in [4.69, 9.17) is 0 Å². The van der Waals surface area contributed by atoms with E-state index in [2.05, 4.69) is 27.0 Å². The number of fused-ring (bicyclic) bond motifs is 1. The lowest BCUT2D eigenvalue weighted by Crippen LogP contribution is -2.00. The smallest absolute Gasteiger partial charge is 0.155 e. The number of hydrogen-bond acceptors (Lipinski definition) is 4. The lowest BCUT2D eigenvalue weighted by molar-refractivity contribution is 0.420. The molecule has 0 spiro atoms. The van der Waals surface area contributed by atoms with Crippen molar-refractivity contribution < 1.29 is 5.11 Å². The highest BCUT2D eigenvalue weighted by atomic mass is 79.9. The van der Waals surface area contributed by atoms with Gasteiger partial charge in [0.15, 0.2) is 5.82 Å². The summed E-state index contributed by atoms with van der Waals surface area (Å²) in [5.74, 6) is 0.824. The van der Waals surface area contributed by atoms with Crippen LogP contribution < -0.4 is 0 Å². The van der Waals surface area contributed by atoms with Crippen LogP contribution in [0.4, 0.5) is 0 Å². The highest BCUT2D eigenvalue weighted by Gasteiger charge is 2.16. The molecule has 3 rings (SSSR count). The average molecular weight is 400 g/mol. The number of aryl methyl sites for hydroxylation is 1. The molecule has 6 heteroatoms. The van der Waals surface area contributed by atoms with E-state index < -0.39 is 0 Å². The molecular formula is C18H14BrN3OS. The third-order valence-corrected chi connectivity index (χ3v) is 5.15. The zero-order chi connectivity index (χ0) is 17.1. The second-order valence-corrected chi connectivity index (χ2v) is 7.12. The Morgan fingerprint density at radius 1 is 1.25 bits per heavy atom. The van der Waals surface area contributed by atoms with Crippen LogP contribution in [0.3, 0.4) is 0 Å². The lowest BCUT2D eigenvalue weighted by Gasteiger charge is -2.05. The summed E-state index contributed by atoms with van der Waals surface area (Å²) < 4.78 is 2.83. The van der Waals surface area contributed by atoms with Gasteiger partial charge in [-0.15, -0.1) is 11.8 Å². The fraction of sp³-hybridized carbons (Fsp3) is 0.111. The number of para-hydroxylation sites is 2. The van der Waals surface area contributed by atoms with Crippen LogP contribution in [-0.2, 0) is 7.05 Å². The Bertz CT molecular complexity index is 955. The molecule has 0 amide bonds. The first-order valence-corrected chi connectivity index (χ1v) is 9.00. The quantitative estimate of drug-likeness (QED) is 0.384. The zero-order valence-electron chi connectivity index (χ0n) is 12.9. The van der Waals surface area contributed by atoms with E-state index in [0.29, 0.717) is 11.6 Å². The van der Waals surface area contributed by atoms with Crippen LogP contribution in [0.25, 0.3) is 16.6 Å². The number of aliphatic hydroxyl groups excluding tert-OH is 1. The monoisotopic (exact) mass is 399 g/mol. The van der Waals surface area contributed by atoms with E-state index in [1.807, 2.05) is 60.1 Å². The highest BCUT2D eigenvalue weighted by Crippen LogP contribution is 2.26. The maximum atomic E-state index is 10.4. The fourth-order valence-corrected chi connectivity index (χ4v) is 3.41. The van der Waals surface area contributed by atoms with Gasteiger partial charge >= 0.3 is 0 Å². The van der Waals surface area contributed by atoms with Crippen LogP contribution in [-0.4, -0.2) is 20.4 Å². The lowest BCUT2D eigenvalue weighted by atomic mass is 10.2. The zero-order valence-corrected chi connectivity index (χ0v) is 15.3. The molecule has 0 saturated carbocycles. The summed E-state index contributed by atoms with van der Waals surface area (Å²) in [7, 11) is 1.84. The molecule has 0 aliphatic rings. The summed E-state index contributed by atoms with van der Waals surface area (Å²) in [6.45, 7) is 0. The predicted octanol–water partition coefficient (Wildman–Crippen LogP) is 4.92. The third-order valence-electron chi connectivity index (χ3n) is 3.60. The van der Waals surface area contributed by atoms with Crippen molar-refractivity contribution in [3.63, 3.8) is 0 Å². The molecule has 0 atom stereocenters. The van der Waals surface area contributed by atoms with E-state index in [1.54, 1.807) is 0 Å². The summed E-state index contributed by atoms with van der Waals surface area (Å²) in [5, 5.41) is 19.9. The van der Waals surface area contributed by atoms with Gasteiger partial charge in [-0.1, -0.05) is 28.1 Å². The number of thioether (sulfide) groups is 1. The van der Waals surface area contributed by atoms with Gasteiger partial charge in [0.25, 0.3) is 0 Å². The molecule has 0 saturated heterocycles. The van der Waals surface area contributed by atoms with Crippen molar-refractivity contribution in [1.29, 1.82) is 5.26 Å². The first-order valence-electron chi connectivity index (χ1n) is 7.22. The maximum absolute atomic E-state index is 10.4. The van der Waals surface area contributed by atoms with Gasteiger partial charge in [-0.3, -0.25) is 0 Å². The number of rotatable bonds is 4. The minimum Gasteiger partial charge on any atom is -0.510 e. The summed E-state index contributed by atoms with van der Waals surface area (Å²) in [6, 6.07) is 17.6. The van der Waals surface area contributed by atoms with Gasteiger partial charge in [-0.2, -0.15) is 5.26 Å². The number of allylic oxidation sites excluding steroid dienone is 1. The normalized spacial score (nSPS) is 12.0. The Labute approximate surface area is 152 Å². The SMILES string of the molecule is Cn1c(/C(C#N)=C(/O)CSc2ccc(Br)cc2)nc2ccccc21. The van der Waals surface area contributed by atoms with Crippen molar-refractivity contribution in [2.45, 2.75) is 4.90 Å². The molecule has 1 aromatic heterocycles. The third kappa shape index (κ3) is 3.32. The van der Waals surface area contributed by atoms with Gasteiger partial charge in [0.2, 0.25) is 0 Å². The standard InChI is InChI=1S/C18H14BrN3OS/c1-22-16-5-3-2-4-15(16)21-18(22)14(10-20)17(23)11-24-13-8-6-12(19)7-9-13/h2-9,23H,11H2,1H3/b17-14+. The second-order valence-electron chi connectivity index (χ2n) is 5.16. The minimum absolute atomic E-state index is 0.0313. The maximum Gasteiger partial charge on any atom is 0.155 e. The summed E-state index contributed by atoms with van der Waals surface area (Å²) in [5.41, 5.74) is 1.93. The number of halogens is 1. The summed E-state index contributed by atoms with van der Waals surface area (Å²) in [4.78, 5) is 5.50. The van der Waals surface area contributed by atoms with Crippen LogP contribution in [0.15, 0.2) is 63.7 Å². The van der Waals surface area contributed by atoms with Crippen LogP contribution in [0.5, 0.6) is 0 Å². The van der Waals surface area contributed by atoms with E-state index in [1.165, 1.54) is 11.8 Å². The molecule has 1 N–H and O–H groups in total. The number of nitriles is 1. The van der Waals surface area contributed by atoms with Crippen LogP contribution in [0.1, 0.15) is 5.82 Å². The molecule has 0 aliphatic heterocycles. The van der Waals surface area contributed by atoms with Gasteiger partial charge < -0.3 is 9.67 Å². The highest BCUT2D eigenvalue weighted by molar-refractivity contribution is 9.10. The Hall–Kier alpha value is -2.23. The Morgan fingerprint density at radius 2 is 1.96 bits per heavy atom. The number of aromatic nitrogens is 2. The van der Waals surface area contributed by atoms with E-state index in [-0.39, 0.29) is 11.3 Å². The van der Waals surface area contributed by atoms with Gasteiger partial charge in [0, 0.05) is 16.4 Å². The Kier molecular flexibility index (Phi) is 4.93. The van der Waals surface area contributed by atoms with Crippen molar-refractivity contribution in [2.75, 3.05) is 5.75 Å². The first-order chi connectivity index (χ1) is 11.6. The van der Waals surface area contributed by atoms with E-state index in [9.17, 15) is 10.4 Å². The molecule has 3 aromatic rings. The molecule has 0 radical (unpaired) electrons.